The molecule has 2 aliphatic rings. The summed E-state index contributed by atoms with van der Waals surface area (Å²) in [7, 11) is 0. The van der Waals surface area contributed by atoms with E-state index in [1.54, 1.807) is 6.07 Å². The second-order valence-electron chi connectivity index (χ2n) is 12.1. The molecular weight excluding hydrogens is 561 g/mol. The first-order chi connectivity index (χ1) is 21.4. The van der Waals surface area contributed by atoms with E-state index in [2.05, 4.69) is 4.98 Å². The van der Waals surface area contributed by atoms with Crippen molar-refractivity contribution in [2.24, 2.45) is 17.6 Å². The number of benzene rings is 2. The van der Waals surface area contributed by atoms with E-state index < -0.39 is 24.7 Å². The Morgan fingerprint density at radius 1 is 1.02 bits per heavy atom. The van der Waals surface area contributed by atoms with Crippen molar-refractivity contribution in [2.45, 2.75) is 69.9 Å². The number of hydrogen-bond donors (Lipinski definition) is 2. The molecule has 0 unspecified atom stereocenters. The Balaban J connectivity index is 1.29. The van der Waals surface area contributed by atoms with Crippen molar-refractivity contribution < 1.29 is 28.2 Å². The van der Waals surface area contributed by atoms with Crippen LogP contribution in [0.25, 0.3) is 10.9 Å². The maximum atomic E-state index is 14.1. The van der Waals surface area contributed by atoms with Gasteiger partial charge < -0.3 is 25.1 Å². The number of carbonyl (C=O) groups is 3. The summed E-state index contributed by atoms with van der Waals surface area (Å²) < 4.78 is 23.8. The number of ketones is 1. The SMILES string of the molecule is CCOCCCOC(=O)c1cc2cc(CC(=O)[C@@H]3[C@@H](c4ccccc4)CCN3C(=O)C3CCC([C@H](N)CF)CC3)ccc2[nH]1. The lowest BCUT2D eigenvalue weighted by Crippen LogP contribution is -2.47. The summed E-state index contributed by atoms with van der Waals surface area (Å²) in [6.45, 7) is 3.36. The second-order valence-corrected chi connectivity index (χ2v) is 12.1. The zero-order valence-electron chi connectivity index (χ0n) is 25.5. The zero-order chi connectivity index (χ0) is 31.1. The number of alkyl halides is 1. The molecule has 9 heteroatoms. The van der Waals surface area contributed by atoms with Gasteiger partial charge >= 0.3 is 5.97 Å². The number of halogens is 1. The van der Waals surface area contributed by atoms with E-state index >= 15 is 0 Å². The van der Waals surface area contributed by atoms with Gasteiger partial charge in [-0.2, -0.15) is 0 Å². The first-order valence-electron chi connectivity index (χ1n) is 16.0. The van der Waals surface area contributed by atoms with E-state index in [0.717, 1.165) is 41.3 Å². The topological polar surface area (TPSA) is 115 Å². The molecule has 236 valence electrons. The summed E-state index contributed by atoms with van der Waals surface area (Å²) in [5.41, 5.74) is 8.98. The van der Waals surface area contributed by atoms with Gasteiger partial charge in [0.05, 0.1) is 12.6 Å². The molecule has 1 amide bonds. The minimum Gasteiger partial charge on any atom is -0.461 e. The number of aromatic amines is 1. The molecule has 1 saturated carbocycles. The third-order valence-corrected chi connectivity index (χ3v) is 9.30. The minimum atomic E-state index is -0.556. The number of Topliss-reactive ketones (excluding diaryl/α,β-unsaturated/α-hetero) is 1. The van der Waals surface area contributed by atoms with Gasteiger partial charge in [0.15, 0.2) is 5.78 Å². The fourth-order valence-electron chi connectivity index (χ4n) is 6.90. The Hall–Kier alpha value is -3.56. The van der Waals surface area contributed by atoms with Crippen LogP contribution in [0.2, 0.25) is 0 Å². The lowest BCUT2D eigenvalue weighted by Gasteiger charge is -2.35. The molecule has 8 nitrogen and oxygen atoms in total. The lowest BCUT2D eigenvalue weighted by molar-refractivity contribution is -0.142. The Labute approximate surface area is 258 Å². The van der Waals surface area contributed by atoms with Crippen LogP contribution in [0, 0.1) is 11.8 Å². The number of nitrogens with two attached hydrogens (primary N) is 1. The highest BCUT2D eigenvalue weighted by molar-refractivity contribution is 5.96. The Morgan fingerprint density at radius 3 is 2.52 bits per heavy atom. The highest BCUT2D eigenvalue weighted by atomic mass is 19.1. The smallest absolute Gasteiger partial charge is 0.354 e. The van der Waals surface area contributed by atoms with Gasteiger partial charge in [-0.1, -0.05) is 36.4 Å². The predicted molar refractivity (Wildman–Crippen MR) is 167 cm³/mol. The molecule has 2 fully saturated rings. The van der Waals surface area contributed by atoms with Gasteiger partial charge in [-0.05, 0) is 74.3 Å². The molecule has 2 aromatic carbocycles. The first-order valence-corrected chi connectivity index (χ1v) is 16.0. The summed E-state index contributed by atoms with van der Waals surface area (Å²) in [4.78, 5) is 45.4. The van der Waals surface area contributed by atoms with Crippen LogP contribution in [0.15, 0.2) is 54.6 Å². The number of nitrogens with zero attached hydrogens (tertiary/aromatic N) is 1. The highest BCUT2D eigenvalue weighted by Gasteiger charge is 2.44. The van der Waals surface area contributed by atoms with Gasteiger partial charge in [0.2, 0.25) is 5.91 Å². The van der Waals surface area contributed by atoms with Crippen molar-refractivity contribution in [1.29, 1.82) is 0 Å². The Kier molecular flexibility index (Phi) is 10.8. The number of esters is 1. The number of amides is 1. The van der Waals surface area contributed by atoms with Crippen molar-refractivity contribution in [2.75, 3.05) is 33.0 Å². The van der Waals surface area contributed by atoms with Crippen LogP contribution in [-0.4, -0.2) is 72.7 Å². The fraction of sp³-hybridized carbons (Fsp3) is 0.514. The molecule has 3 aromatic rings. The number of aromatic nitrogens is 1. The summed E-state index contributed by atoms with van der Waals surface area (Å²) in [5.74, 6) is -0.549. The van der Waals surface area contributed by atoms with Crippen molar-refractivity contribution in [3.63, 3.8) is 0 Å². The van der Waals surface area contributed by atoms with E-state index in [4.69, 9.17) is 15.2 Å². The largest absolute Gasteiger partial charge is 0.461 e. The Bertz CT molecular complexity index is 1420. The normalized spacial score (nSPS) is 22.7. The van der Waals surface area contributed by atoms with Crippen molar-refractivity contribution in [3.05, 3.63) is 71.4 Å². The van der Waals surface area contributed by atoms with Crippen molar-refractivity contribution >= 4 is 28.6 Å². The molecular formula is C35H44FN3O5. The quantitative estimate of drug-likeness (QED) is 0.201. The Morgan fingerprint density at radius 2 is 1.80 bits per heavy atom. The summed E-state index contributed by atoms with van der Waals surface area (Å²) in [6.07, 6.45) is 4.34. The molecule has 5 rings (SSSR count). The van der Waals surface area contributed by atoms with Crippen molar-refractivity contribution in [3.8, 4) is 0 Å². The molecule has 1 aromatic heterocycles. The molecule has 3 atom stereocenters. The number of rotatable bonds is 13. The number of hydrogen-bond acceptors (Lipinski definition) is 6. The highest BCUT2D eigenvalue weighted by Crippen LogP contribution is 2.38. The van der Waals surface area contributed by atoms with Crippen molar-refractivity contribution in [1.82, 2.24) is 9.88 Å². The lowest BCUT2D eigenvalue weighted by atomic mass is 9.78. The minimum absolute atomic E-state index is 0.00153. The molecule has 1 saturated heterocycles. The standard InChI is InChI=1S/C35H44FN3O5/c1-2-43-17-6-18-44-35(42)31-21-27-19-23(9-14-30(27)38-31)20-32(40)33-28(24-7-4-3-5-8-24)15-16-39(33)34(41)26-12-10-25(11-13-26)29(37)22-36/h3-5,7-9,14,19,21,25-26,28-29,33,38H,2,6,10-13,15-18,20,22,37H2,1H3/t25?,26?,28-,29-,33+/m1/s1. The van der Waals surface area contributed by atoms with E-state index in [0.29, 0.717) is 44.7 Å². The summed E-state index contributed by atoms with van der Waals surface area (Å²) >= 11 is 0. The maximum Gasteiger partial charge on any atom is 0.354 e. The zero-order valence-corrected chi connectivity index (χ0v) is 25.5. The number of nitrogens with one attached hydrogen (secondary N) is 1. The van der Waals surface area contributed by atoms with Gasteiger partial charge in [-0.25, -0.2) is 9.18 Å². The molecule has 44 heavy (non-hydrogen) atoms. The fourth-order valence-corrected chi connectivity index (χ4v) is 6.90. The third-order valence-electron chi connectivity index (χ3n) is 9.30. The second kappa shape index (κ2) is 14.9. The van der Waals surface area contributed by atoms with Crippen LogP contribution in [0.1, 0.15) is 73.0 Å². The van der Waals surface area contributed by atoms with E-state index in [-0.39, 0.29) is 42.5 Å². The number of H-pyrrole nitrogens is 1. The predicted octanol–water partition coefficient (Wildman–Crippen LogP) is 5.35. The van der Waals surface area contributed by atoms with Crippen LogP contribution < -0.4 is 5.73 Å². The monoisotopic (exact) mass is 605 g/mol. The van der Waals surface area contributed by atoms with Gasteiger partial charge in [-0.3, -0.25) is 9.59 Å². The van der Waals surface area contributed by atoms with E-state index in [1.807, 2.05) is 60.4 Å². The third kappa shape index (κ3) is 7.38. The van der Waals surface area contributed by atoms with Crippen LogP contribution >= 0.6 is 0 Å². The number of likely N-dealkylation sites (tertiary alicyclic amines) is 1. The molecule has 1 aliphatic carbocycles. The molecule has 0 spiro atoms. The first kappa shape index (κ1) is 31.9. The van der Waals surface area contributed by atoms with Gasteiger partial charge in [0, 0.05) is 61.4 Å². The average molecular weight is 606 g/mol. The van der Waals surface area contributed by atoms with Crippen LogP contribution in [-0.2, 0) is 25.5 Å². The van der Waals surface area contributed by atoms with E-state index in [1.165, 1.54) is 0 Å². The molecule has 0 radical (unpaired) electrons. The number of carbonyl (C=O) groups excluding carboxylic acids is 3. The maximum absolute atomic E-state index is 14.1. The average Bonchev–Trinajstić information content (AvgIpc) is 3.69. The van der Waals surface area contributed by atoms with Crippen LogP contribution in [0.5, 0.6) is 0 Å². The van der Waals surface area contributed by atoms with E-state index in [9.17, 15) is 18.8 Å². The summed E-state index contributed by atoms with van der Waals surface area (Å²) in [5, 5.41) is 0.818. The molecule has 0 bridgehead atoms. The van der Waals surface area contributed by atoms with Gasteiger partial charge in [0.1, 0.15) is 12.4 Å². The summed E-state index contributed by atoms with van der Waals surface area (Å²) in [6, 6.07) is 16.4. The molecule has 1 aliphatic heterocycles. The van der Waals surface area contributed by atoms with Gasteiger partial charge in [0.25, 0.3) is 0 Å². The number of fused-ring (bicyclic) bond motifs is 1. The van der Waals surface area contributed by atoms with Crippen LogP contribution in [0.4, 0.5) is 4.39 Å². The van der Waals surface area contributed by atoms with Gasteiger partial charge in [-0.15, -0.1) is 0 Å². The number of ether oxygens (including phenoxy) is 2. The molecule has 3 N–H and O–H groups in total. The molecule has 2 heterocycles. The van der Waals surface area contributed by atoms with Crippen LogP contribution in [0.3, 0.4) is 0 Å².